The maximum absolute atomic E-state index is 13.8. The predicted octanol–water partition coefficient (Wildman–Crippen LogP) is 4.33. The van der Waals surface area contributed by atoms with Crippen molar-refractivity contribution in [3.8, 4) is 5.75 Å². The molecule has 1 aliphatic rings. The maximum atomic E-state index is 13.8. The summed E-state index contributed by atoms with van der Waals surface area (Å²) in [5, 5.41) is 3.46. The number of anilines is 2. The zero-order chi connectivity index (χ0) is 14.5. The third-order valence-corrected chi connectivity index (χ3v) is 3.68. The highest BCUT2D eigenvalue weighted by Crippen LogP contribution is 2.31. The molecular formula is C16H25FN2O. The lowest BCUT2D eigenvalue weighted by atomic mass is 10.1. The van der Waals surface area contributed by atoms with E-state index >= 15 is 0 Å². The van der Waals surface area contributed by atoms with E-state index in [1.807, 2.05) is 13.8 Å². The molecule has 20 heavy (non-hydrogen) atoms. The third-order valence-electron chi connectivity index (χ3n) is 3.68. The van der Waals surface area contributed by atoms with Crippen molar-refractivity contribution in [3.63, 3.8) is 0 Å². The zero-order valence-electron chi connectivity index (χ0n) is 12.4. The molecule has 0 unspecified atom stereocenters. The summed E-state index contributed by atoms with van der Waals surface area (Å²) in [5.41, 5.74) is 7.15. The second-order valence-corrected chi connectivity index (χ2v) is 5.87. The lowest BCUT2D eigenvalue weighted by Gasteiger charge is -2.20. The van der Waals surface area contributed by atoms with Gasteiger partial charge in [0, 0.05) is 18.2 Å². The van der Waals surface area contributed by atoms with E-state index in [-0.39, 0.29) is 11.9 Å². The monoisotopic (exact) mass is 280 g/mol. The summed E-state index contributed by atoms with van der Waals surface area (Å²) in [6.45, 7) is 3.77. The van der Waals surface area contributed by atoms with E-state index in [9.17, 15) is 4.39 Å². The first kappa shape index (κ1) is 14.9. The molecule has 0 radical (unpaired) electrons. The Bertz CT molecular complexity index is 440. The van der Waals surface area contributed by atoms with Gasteiger partial charge in [-0.2, -0.15) is 0 Å². The molecule has 0 aromatic heterocycles. The van der Waals surface area contributed by atoms with Crippen LogP contribution in [0.2, 0.25) is 0 Å². The second kappa shape index (κ2) is 6.82. The maximum Gasteiger partial charge on any atom is 0.167 e. The first-order valence-corrected chi connectivity index (χ1v) is 7.58. The van der Waals surface area contributed by atoms with Gasteiger partial charge in [-0.1, -0.05) is 25.7 Å². The summed E-state index contributed by atoms with van der Waals surface area (Å²) in [5.74, 6) is -0.132. The van der Waals surface area contributed by atoms with Crippen LogP contribution in [-0.2, 0) is 0 Å². The Kier molecular flexibility index (Phi) is 5.10. The summed E-state index contributed by atoms with van der Waals surface area (Å²) < 4.78 is 19.3. The predicted molar refractivity (Wildman–Crippen MR) is 81.7 cm³/mol. The Hall–Kier alpha value is -1.45. The topological polar surface area (TPSA) is 47.3 Å². The van der Waals surface area contributed by atoms with Crippen molar-refractivity contribution in [3.05, 3.63) is 17.9 Å². The standard InChI is InChI=1S/C16H25FN2O/c1-11(2)20-16-10-15(14(18)9-13(16)17)19-12-7-5-3-4-6-8-12/h9-12,19H,3-8,18H2,1-2H3. The SMILES string of the molecule is CC(C)Oc1cc(NC2CCCCCC2)c(N)cc1F. The van der Waals surface area contributed by atoms with Crippen molar-refractivity contribution >= 4 is 11.4 Å². The minimum Gasteiger partial charge on any atom is -0.488 e. The van der Waals surface area contributed by atoms with Gasteiger partial charge >= 0.3 is 0 Å². The smallest absolute Gasteiger partial charge is 0.167 e. The zero-order valence-corrected chi connectivity index (χ0v) is 12.4. The van der Waals surface area contributed by atoms with E-state index in [1.165, 1.54) is 31.7 Å². The molecule has 1 aromatic rings. The molecular weight excluding hydrogens is 255 g/mol. The number of nitrogen functional groups attached to an aromatic ring is 1. The van der Waals surface area contributed by atoms with Crippen molar-refractivity contribution in [1.82, 2.24) is 0 Å². The minimum absolute atomic E-state index is 0.0566. The van der Waals surface area contributed by atoms with Gasteiger partial charge in [-0.3, -0.25) is 0 Å². The van der Waals surface area contributed by atoms with Gasteiger partial charge in [-0.25, -0.2) is 4.39 Å². The number of hydrogen-bond donors (Lipinski definition) is 2. The summed E-state index contributed by atoms with van der Waals surface area (Å²) in [4.78, 5) is 0. The molecule has 2 rings (SSSR count). The normalized spacial score (nSPS) is 17.0. The quantitative estimate of drug-likeness (QED) is 0.637. The van der Waals surface area contributed by atoms with Crippen molar-refractivity contribution < 1.29 is 9.13 Å². The Labute approximate surface area is 120 Å². The number of hydrogen-bond acceptors (Lipinski definition) is 3. The summed E-state index contributed by atoms with van der Waals surface area (Å²) in [6.07, 6.45) is 7.34. The molecule has 0 saturated heterocycles. The van der Waals surface area contributed by atoms with E-state index in [1.54, 1.807) is 6.07 Å². The van der Waals surface area contributed by atoms with Crippen LogP contribution in [0.3, 0.4) is 0 Å². The molecule has 4 heteroatoms. The highest BCUT2D eigenvalue weighted by molar-refractivity contribution is 5.69. The molecule has 112 valence electrons. The molecule has 0 atom stereocenters. The molecule has 0 spiro atoms. The first-order valence-electron chi connectivity index (χ1n) is 7.58. The lowest BCUT2D eigenvalue weighted by Crippen LogP contribution is -2.19. The molecule has 1 aliphatic carbocycles. The Morgan fingerprint density at radius 2 is 1.85 bits per heavy atom. The van der Waals surface area contributed by atoms with E-state index in [2.05, 4.69) is 5.32 Å². The van der Waals surface area contributed by atoms with E-state index < -0.39 is 5.82 Å². The van der Waals surface area contributed by atoms with Gasteiger partial charge in [0.25, 0.3) is 0 Å². The summed E-state index contributed by atoms with van der Waals surface area (Å²) >= 11 is 0. The number of benzene rings is 1. The molecule has 1 saturated carbocycles. The first-order chi connectivity index (χ1) is 9.56. The molecule has 0 amide bonds. The fourth-order valence-corrected chi connectivity index (χ4v) is 2.68. The molecule has 1 aromatic carbocycles. The minimum atomic E-state index is -0.400. The summed E-state index contributed by atoms with van der Waals surface area (Å²) in [7, 11) is 0. The van der Waals surface area contributed by atoms with Gasteiger partial charge in [-0.15, -0.1) is 0 Å². The van der Waals surface area contributed by atoms with Gasteiger partial charge in [0.05, 0.1) is 17.5 Å². The fraction of sp³-hybridized carbons (Fsp3) is 0.625. The third kappa shape index (κ3) is 4.02. The Balaban J connectivity index is 2.13. The van der Waals surface area contributed by atoms with Crippen LogP contribution in [0.15, 0.2) is 12.1 Å². The van der Waals surface area contributed by atoms with Crippen LogP contribution >= 0.6 is 0 Å². The molecule has 1 fully saturated rings. The van der Waals surface area contributed by atoms with Gasteiger partial charge in [0.2, 0.25) is 0 Å². The number of halogens is 1. The molecule has 0 heterocycles. The fourth-order valence-electron chi connectivity index (χ4n) is 2.68. The van der Waals surface area contributed by atoms with Crippen LogP contribution < -0.4 is 15.8 Å². The van der Waals surface area contributed by atoms with Crippen molar-refractivity contribution in [2.75, 3.05) is 11.1 Å². The van der Waals surface area contributed by atoms with E-state index in [0.29, 0.717) is 11.7 Å². The van der Waals surface area contributed by atoms with Gasteiger partial charge in [0.15, 0.2) is 11.6 Å². The second-order valence-electron chi connectivity index (χ2n) is 5.87. The van der Waals surface area contributed by atoms with Crippen molar-refractivity contribution in [1.29, 1.82) is 0 Å². The number of ether oxygens (including phenoxy) is 1. The summed E-state index contributed by atoms with van der Waals surface area (Å²) in [6, 6.07) is 3.46. The van der Waals surface area contributed by atoms with Crippen LogP contribution in [0.4, 0.5) is 15.8 Å². The average molecular weight is 280 g/mol. The number of nitrogens with one attached hydrogen (secondary N) is 1. The Morgan fingerprint density at radius 3 is 2.45 bits per heavy atom. The molecule has 3 N–H and O–H groups in total. The molecule has 3 nitrogen and oxygen atoms in total. The van der Waals surface area contributed by atoms with E-state index in [4.69, 9.17) is 10.5 Å². The van der Waals surface area contributed by atoms with Gasteiger partial charge in [0.1, 0.15) is 0 Å². The van der Waals surface area contributed by atoms with Crippen molar-refractivity contribution in [2.24, 2.45) is 0 Å². The van der Waals surface area contributed by atoms with Crippen molar-refractivity contribution in [2.45, 2.75) is 64.5 Å². The van der Waals surface area contributed by atoms with Crippen LogP contribution in [0.5, 0.6) is 5.75 Å². The lowest BCUT2D eigenvalue weighted by molar-refractivity contribution is 0.231. The largest absolute Gasteiger partial charge is 0.488 e. The molecule has 0 bridgehead atoms. The highest BCUT2D eigenvalue weighted by atomic mass is 19.1. The van der Waals surface area contributed by atoms with Crippen LogP contribution in [-0.4, -0.2) is 12.1 Å². The number of nitrogens with two attached hydrogens (primary N) is 1. The van der Waals surface area contributed by atoms with Crippen LogP contribution in [0.25, 0.3) is 0 Å². The highest BCUT2D eigenvalue weighted by Gasteiger charge is 2.15. The van der Waals surface area contributed by atoms with Gasteiger partial charge in [-0.05, 0) is 26.7 Å². The van der Waals surface area contributed by atoms with E-state index in [0.717, 1.165) is 18.5 Å². The van der Waals surface area contributed by atoms with Crippen LogP contribution in [0, 0.1) is 5.82 Å². The average Bonchev–Trinajstić information content (AvgIpc) is 2.63. The Morgan fingerprint density at radius 1 is 1.20 bits per heavy atom. The van der Waals surface area contributed by atoms with Gasteiger partial charge < -0.3 is 15.8 Å². The number of rotatable bonds is 4. The molecule has 0 aliphatic heterocycles. The van der Waals surface area contributed by atoms with Crippen LogP contribution in [0.1, 0.15) is 52.4 Å².